The number of esters is 2. The fraction of sp³-hybridized carbons (Fsp3) is 0.200. The predicted octanol–water partition coefficient (Wildman–Crippen LogP) is 4.58. The topological polar surface area (TPSA) is 61.8 Å². The number of carbonyl (C=O) groups excluding carboxylic acids is 2. The number of benzene rings is 3. The lowest BCUT2D eigenvalue weighted by Gasteiger charge is -2.08. The van der Waals surface area contributed by atoms with Crippen molar-refractivity contribution in [2.24, 2.45) is 0 Å². The third-order valence-corrected chi connectivity index (χ3v) is 4.69. The molecule has 3 aromatic carbocycles. The van der Waals surface area contributed by atoms with Crippen molar-refractivity contribution >= 4 is 28.8 Å². The van der Waals surface area contributed by atoms with Gasteiger partial charge < -0.3 is 14.2 Å². The Morgan fingerprint density at radius 1 is 0.833 bits per heavy atom. The Kier molecular flexibility index (Phi) is 7.22. The van der Waals surface area contributed by atoms with E-state index >= 15 is 0 Å². The van der Waals surface area contributed by atoms with Gasteiger partial charge in [0.25, 0.3) is 0 Å². The van der Waals surface area contributed by atoms with Crippen LogP contribution in [0.25, 0.3) is 16.8 Å². The van der Waals surface area contributed by atoms with Gasteiger partial charge >= 0.3 is 11.9 Å². The predicted molar refractivity (Wildman–Crippen MR) is 116 cm³/mol. The molecule has 0 spiro atoms. The van der Waals surface area contributed by atoms with Gasteiger partial charge in [-0.15, -0.1) is 0 Å². The van der Waals surface area contributed by atoms with Crippen LogP contribution in [0.2, 0.25) is 0 Å². The zero-order valence-electron chi connectivity index (χ0n) is 17.1. The van der Waals surface area contributed by atoms with Crippen molar-refractivity contribution in [3.63, 3.8) is 0 Å². The summed E-state index contributed by atoms with van der Waals surface area (Å²) in [5, 5.41) is 2.49. The average Bonchev–Trinajstić information content (AvgIpc) is 2.80. The molecule has 0 unspecified atom stereocenters. The van der Waals surface area contributed by atoms with Gasteiger partial charge in [0.15, 0.2) is 0 Å². The summed E-state index contributed by atoms with van der Waals surface area (Å²) in [6.45, 7) is 0.595. The molecule has 0 aliphatic heterocycles. The van der Waals surface area contributed by atoms with E-state index in [0.717, 1.165) is 18.6 Å². The van der Waals surface area contributed by atoms with Crippen LogP contribution in [0.15, 0.2) is 72.3 Å². The Balaban J connectivity index is 1.54. The minimum atomic E-state index is -0.740. The normalized spacial score (nSPS) is 10.3. The number of hydrogen-bond acceptors (Lipinski definition) is 5. The van der Waals surface area contributed by atoms with Gasteiger partial charge in [0, 0.05) is 0 Å². The molecule has 0 heterocycles. The largest absolute Gasteiger partial charge is 0.494 e. The molecule has 0 saturated heterocycles. The van der Waals surface area contributed by atoms with E-state index in [1.807, 2.05) is 12.1 Å². The number of fused-ring (bicyclic) bond motifs is 1. The quantitative estimate of drug-likeness (QED) is 0.181. The zero-order chi connectivity index (χ0) is 21.3. The molecule has 0 radical (unpaired) electrons. The molecule has 0 aliphatic carbocycles. The Labute approximate surface area is 175 Å². The molecule has 0 aliphatic rings. The number of rotatable bonds is 8. The lowest BCUT2D eigenvalue weighted by Crippen LogP contribution is -2.15. The summed E-state index contributed by atoms with van der Waals surface area (Å²) in [6, 6.07) is 22.0. The number of ether oxygens (including phenoxy) is 3. The van der Waals surface area contributed by atoms with Gasteiger partial charge in [-0.1, -0.05) is 54.6 Å². The van der Waals surface area contributed by atoms with E-state index in [-0.39, 0.29) is 5.57 Å². The minimum absolute atomic E-state index is 0.163. The van der Waals surface area contributed by atoms with Crippen LogP contribution < -0.4 is 4.74 Å². The van der Waals surface area contributed by atoms with Crippen molar-refractivity contribution in [2.45, 2.75) is 12.8 Å². The van der Waals surface area contributed by atoms with Crippen LogP contribution in [-0.4, -0.2) is 32.8 Å². The first-order valence-corrected chi connectivity index (χ1v) is 9.69. The summed E-state index contributed by atoms with van der Waals surface area (Å²) in [4.78, 5) is 23.5. The molecule has 0 bridgehead atoms. The van der Waals surface area contributed by atoms with Crippen molar-refractivity contribution in [1.82, 2.24) is 0 Å². The van der Waals surface area contributed by atoms with Crippen LogP contribution in [0.5, 0.6) is 5.75 Å². The minimum Gasteiger partial charge on any atom is -0.494 e. The monoisotopic (exact) mass is 404 g/mol. The van der Waals surface area contributed by atoms with Crippen LogP contribution in [0, 0.1) is 0 Å². The third-order valence-electron chi connectivity index (χ3n) is 4.69. The van der Waals surface area contributed by atoms with Crippen molar-refractivity contribution < 1.29 is 23.8 Å². The van der Waals surface area contributed by atoms with Gasteiger partial charge in [0.05, 0.1) is 20.8 Å². The van der Waals surface area contributed by atoms with Gasteiger partial charge in [-0.05, 0) is 52.9 Å². The summed E-state index contributed by atoms with van der Waals surface area (Å²) in [6.07, 6.45) is 3.27. The average molecular weight is 404 g/mol. The Morgan fingerprint density at radius 2 is 1.50 bits per heavy atom. The Hall–Kier alpha value is -3.60. The number of hydrogen-bond donors (Lipinski definition) is 0. The molecule has 3 aromatic rings. The SMILES string of the molecule is COC(=O)C(=Cc1ccc(OCCCc2ccc3ccccc3c2)cc1)C(=O)OC. The van der Waals surface area contributed by atoms with E-state index in [0.29, 0.717) is 12.2 Å². The fourth-order valence-corrected chi connectivity index (χ4v) is 3.11. The van der Waals surface area contributed by atoms with E-state index in [9.17, 15) is 9.59 Å². The van der Waals surface area contributed by atoms with Crippen molar-refractivity contribution in [3.8, 4) is 5.75 Å². The molecular formula is C25H24O5. The van der Waals surface area contributed by atoms with E-state index in [1.54, 1.807) is 24.3 Å². The second-order valence-electron chi connectivity index (χ2n) is 6.74. The molecular weight excluding hydrogens is 380 g/mol. The molecule has 0 N–H and O–H groups in total. The molecule has 0 saturated carbocycles. The van der Waals surface area contributed by atoms with E-state index < -0.39 is 11.9 Å². The molecule has 0 amide bonds. The van der Waals surface area contributed by atoms with Crippen molar-refractivity contribution in [1.29, 1.82) is 0 Å². The molecule has 5 heteroatoms. The van der Waals surface area contributed by atoms with Crippen LogP contribution in [0.4, 0.5) is 0 Å². The van der Waals surface area contributed by atoms with Crippen LogP contribution in [0.3, 0.4) is 0 Å². The van der Waals surface area contributed by atoms with Gasteiger partial charge in [-0.25, -0.2) is 9.59 Å². The van der Waals surface area contributed by atoms with E-state index in [4.69, 9.17) is 4.74 Å². The third kappa shape index (κ3) is 5.47. The standard InChI is InChI=1S/C25H24O5/c1-28-24(26)23(25(27)29-2)17-19-10-13-22(14-11-19)30-15-5-6-18-9-12-20-7-3-4-8-21(20)16-18/h3-4,7-14,16-17H,5-6,15H2,1-2H3. The van der Waals surface area contributed by atoms with E-state index in [2.05, 4.69) is 39.8 Å². The molecule has 3 rings (SSSR count). The molecule has 5 nitrogen and oxygen atoms in total. The number of aryl methyl sites for hydroxylation is 1. The second-order valence-corrected chi connectivity index (χ2v) is 6.74. The fourth-order valence-electron chi connectivity index (χ4n) is 3.11. The maximum absolute atomic E-state index is 11.7. The lowest BCUT2D eigenvalue weighted by molar-refractivity contribution is -0.143. The van der Waals surface area contributed by atoms with Gasteiger partial charge in [0.2, 0.25) is 0 Å². The lowest BCUT2D eigenvalue weighted by atomic mass is 10.0. The highest BCUT2D eigenvalue weighted by molar-refractivity contribution is 6.17. The molecule has 30 heavy (non-hydrogen) atoms. The summed E-state index contributed by atoms with van der Waals surface area (Å²) in [7, 11) is 2.43. The highest BCUT2D eigenvalue weighted by Gasteiger charge is 2.19. The first-order chi connectivity index (χ1) is 14.6. The molecule has 0 fully saturated rings. The van der Waals surface area contributed by atoms with Crippen LogP contribution in [0.1, 0.15) is 17.5 Å². The molecule has 154 valence electrons. The van der Waals surface area contributed by atoms with Gasteiger partial charge in [-0.3, -0.25) is 0 Å². The first-order valence-electron chi connectivity index (χ1n) is 9.69. The van der Waals surface area contributed by atoms with E-state index in [1.165, 1.54) is 36.6 Å². The summed E-state index contributed by atoms with van der Waals surface area (Å²) in [5.74, 6) is -0.755. The number of methoxy groups -OCH3 is 2. The molecule has 0 aromatic heterocycles. The highest BCUT2D eigenvalue weighted by Crippen LogP contribution is 2.18. The summed E-state index contributed by atoms with van der Waals surface area (Å²) >= 11 is 0. The second kappa shape index (κ2) is 10.3. The maximum atomic E-state index is 11.7. The summed E-state index contributed by atoms with van der Waals surface area (Å²) < 4.78 is 15.1. The Bertz CT molecular complexity index is 1030. The van der Waals surface area contributed by atoms with Crippen molar-refractivity contribution in [3.05, 3.63) is 83.4 Å². The zero-order valence-corrected chi connectivity index (χ0v) is 17.1. The first kappa shape index (κ1) is 21.1. The smallest absolute Gasteiger partial charge is 0.345 e. The Morgan fingerprint density at radius 3 is 2.17 bits per heavy atom. The van der Waals surface area contributed by atoms with Crippen LogP contribution in [-0.2, 0) is 25.5 Å². The molecule has 0 atom stereocenters. The summed E-state index contributed by atoms with van der Waals surface area (Å²) in [5.41, 5.74) is 1.80. The van der Waals surface area contributed by atoms with Gasteiger partial charge in [-0.2, -0.15) is 0 Å². The van der Waals surface area contributed by atoms with Gasteiger partial charge in [0.1, 0.15) is 11.3 Å². The number of carbonyl (C=O) groups is 2. The maximum Gasteiger partial charge on any atom is 0.345 e. The highest BCUT2D eigenvalue weighted by atomic mass is 16.5. The van der Waals surface area contributed by atoms with Crippen LogP contribution >= 0.6 is 0 Å². The van der Waals surface area contributed by atoms with Crippen molar-refractivity contribution in [2.75, 3.05) is 20.8 Å².